The van der Waals surface area contributed by atoms with E-state index in [0.717, 1.165) is 69.7 Å². The summed E-state index contributed by atoms with van der Waals surface area (Å²) < 4.78 is 11.9. The van der Waals surface area contributed by atoms with E-state index in [4.69, 9.17) is 9.47 Å². The number of aromatic amines is 1. The first kappa shape index (κ1) is 24.2. The molecule has 6 rings (SSSR count). The number of fused-ring (bicyclic) bond motifs is 2. The molecule has 194 valence electrons. The highest BCUT2D eigenvalue weighted by molar-refractivity contribution is 5.74. The summed E-state index contributed by atoms with van der Waals surface area (Å²) in [6, 6.07) is 21.1. The summed E-state index contributed by atoms with van der Waals surface area (Å²) in [7, 11) is 0. The van der Waals surface area contributed by atoms with Gasteiger partial charge in [0.1, 0.15) is 11.5 Å². The number of hydrogen-bond acceptors (Lipinski definition) is 7. The zero-order chi connectivity index (χ0) is 26.1. The number of pyridine rings is 2. The predicted octanol–water partition coefficient (Wildman–Crippen LogP) is 4.42. The van der Waals surface area contributed by atoms with Gasteiger partial charge < -0.3 is 29.8 Å². The van der Waals surface area contributed by atoms with E-state index in [-0.39, 0.29) is 18.2 Å². The Labute approximate surface area is 220 Å². The summed E-state index contributed by atoms with van der Waals surface area (Å²) in [5.74, 6) is 1.53. The Morgan fingerprint density at radius 2 is 1.89 bits per heavy atom. The molecule has 2 aromatic carbocycles. The number of aliphatic hydroxyl groups excluding tert-OH is 1. The Hall–Kier alpha value is -4.14. The van der Waals surface area contributed by atoms with E-state index in [0.29, 0.717) is 19.6 Å². The normalized spacial score (nSPS) is 15.3. The second-order valence-electron chi connectivity index (χ2n) is 9.69. The summed E-state index contributed by atoms with van der Waals surface area (Å²) in [5, 5.41) is 13.4. The first-order valence-corrected chi connectivity index (χ1v) is 12.9. The fraction of sp³-hybridized carbons (Fsp3) is 0.267. The second-order valence-corrected chi connectivity index (χ2v) is 9.69. The maximum absolute atomic E-state index is 12.6. The number of aliphatic hydroxyl groups is 1. The van der Waals surface area contributed by atoms with Gasteiger partial charge in [-0.2, -0.15) is 0 Å². The number of para-hydroxylation sites is 1. The van der Waals surface area contributed by atoms with Gasteiger partial charge in [-0.1, -0.05) is 18.2 Å². The van der Waals surface area contributed by atoms with Crippen molar-refractivity contribution < 1.29 is 14.6 Å². The minimum absolute atomic E-state index is 0.0715. The van der Waals surface area contributed by atoms with Crippen LogP contribution in [0.5, 0.6) is 11.5 Å². The molecular formula is C30H30N4O4. The zero-order valence-corrected chi connectivity index (χ0v) is 21.2. The number of anilines is 2. The molecule has 4 heterocycles. The van der Waals surface area contributed by atoms with Crippen molar-refractivity contribution in [2.75, 3.05) is 43.1 Å². The first-order valence-electron chi connectivity index (χ1n) is 12.9. The van der Waals surface area contributed by atoms with Crippen molar-refractivity contribution in [2.24, 2.45) is 0 Å². The molecule has 2 aliphatic heterocycles. The summed E-state index contributed by atoms with van der Waals surface area (Å²) in [6.07, 6.45) is 0.688. The van der Waals surface area contributed by atoms with Gasteiger partial charge in [-0.3, -0.25) is 9.78 Å². The smallest absolute Gasteiger partial charge is 0.250 e. The lowest BCUT2D eigenvalue weighted by atomic mass is 9.96. The SMILES string of the molecule is Cc1cccc(C(CO)Nc2ccc3c(c2)Cc2cccc(-c4cc(N5CCOCC5)cc(=O)[nH]4)c2O3)n1. The highest BCUT2D eigenvalue weighted by Gasteiger charge is 2.23. The molecule has 3 N–H and O–H groups in total. The second kappa shape index (κ2) is 10.3. The van der Waals surface area contributed by atoms with Crippen LogP contribution in [0.4, 0.5) is 11.4 Å². The van der Waals surface area contributed by atoms with Crippen LogP contribution in [0.1, 0.15) is 28.6 Å². The minimum Gasteiger partial charge on any atom is -0.456 e. The van der Waals surface area contributed by atoms with E-state index in [1.165, 1.54) is 0 Å². The Morgan fingerprint density at radius 3 is 2.71 bits per heavy atom. The van der Waals surface area contributed by atoms with Crippen LogP contribution >= 0.6 is 0 Å². The topological polar surface area (TPSA) is 99.7 Å². The van der Waals surface area contributed by atoms with Crippen LogP contribution in [-0.4, -0.2) is 48.0 Å². The monoisotopic (exact) mass is 510 g/mol. The average molecular weight is 511 g/mol. The van der Waals surface area contributed by atoms with Gasteiger partial charge in [0.15, 0.2) is 0 Å². The molecule has 2 aromatic heterocycles. The summed E-state index contributed by atoms with van der Waals surface area (Å²) >= 11 is 0. The fourth-order valence-corrected chi connectivity index (χ4v) is 5.13. The van der Waals surface area contributed by atoms with Gasteiger partial charge in [-0.15, -0.1) is 0 Å². The van der Waals surface area contributed by atoms with Crippen LogP contribution in [0.15, 0.2) is 71.5 Å². The molecule has 1 fully saturated rings. The number of aromatic nitrogens is 2. The van der Waals surface area contributed by atoms with Crippen LogP contribution in [0.2, 0.25) is 0 Å². The van der Waals surface area contributed by atoms with Crippen molar-refractivity contribution in [2.45, 2.75) is 19.4 Å². The third-order valence-corrected chi connectivity index (χ3v) is 7.04. The molecule has 8 heteroatoms. The Bertz CT molecular complexity index is 1530. The van der Waals surface area contributed by atoms with E-state index in [1.54, 1.807) is 6.07 Å². The third kappa shape index (κ3) is 4.88. The van der Waals surface area contributed by atoms with Crippen molar-refractivity contribution in [3.63, 3.8) is 0 Å². The molecule has 0 bridgehead atoms. The molecule has 1 atom stereocenters. The molecule has 1 saturated heterocycles. The van der Waals surface area contributed by atoms with E-state index in [1.807, 2.05) is 55.5 Å². The minimum atomic E-state index is -0.313. The van der Waals surface area contributed by atoms with E-state index >= 15 is 0 Å². The molecule has 0 amide bonds. The van der Waals surface area contributed by atoms with Crippen LogP contribution in [0.25, 0.3) is 11.3 Å². The van der Waals surface area contributed by atoms with Crippen LogP contribution in [0, 0.1) is 6.92 Å². The number of hydrogen-bond donors (Lipinski definition) is 3. The lowest BCUT2D eigenvalue weighted by molar-refractivity contribution is 0.122. The fourth-order valence-electron chi connectivity index (χ4n) is 5.13. The maximum atomic E-state index is 12.6. The molecule has 8 nitrogen and oxygen atoms in total. The van der Waals surface area contributed by atoms with E-state index in [9.17, 15) is 9.90 Å². The zero-order valence-electron chi connectivity index (χ0n) is 21.2. The quantitative estimate of drug-likeness (QED) is 0.311. The number of aryl methyl sites for hydroxylation is 1. The van der Waals surface area contributed by atoms with E-state index < -0.39 is 0 Å². The first-order chi connectivity index (χ1) is 18.6. The highest BCUT2D eigenvalue weighted by atomic mass is 16.5. The van der Waals surface area contributed by atoms with Crippen molar-refractivity contribution >= 4 is 11.4 Å². The van der Waals surface area contributed by atoms with Crippen LogP contribution < -0.4 is 20.5 Å². The van der Waals surface area contributed by atoms with Crippen molar-refractivity contribution in [1.29, 1.82) is 0 Å². The lowest BCUT2D eigenvalue weighted by Crippen LogP contribution is -2.36. The predicted molar refractivity (Wildman–Crippen MR) is 147 cm³/mol. The van der Waals surface area contributed by atoms with Crippen molar-refractivity contribution in [3.05, 3.63) is 99.6 Å². The van der Waals surface area contributed by atoms with Gasteiger partial charge >= 0.3 is 0 Å². The summed E-state index contributed by atoms with van der Waals surface area (Å²) in [6.45, 7) is 4.69. The summed E-state index contributed by atoms with van der Waals surface area (Å²) in [5.41, 5.74) is 7.01. The lowest BCUT2D eigenvalue weighted by Gasteiger charge is -2.29. The Kier molecular flexibility index (Phi) is 6.57. The van der Waals surface area contributed by atoms with E-state index in [2.05, 4.69) is 32.3 Å². The molecule has 0 aliphatic carbocycles. The molecule has 0 radical (unpaired) electrons. The number of rotatable bonds is 6. The van der Waals surface area contributed by atoms with Gasteiger partial charge in [-0.05, 0) is 55.0 Å². The molecule has 0 spiro atoms. The van der Waals surface area contributed by atoms with Crippen molar-refractivity contribution in [1.82, 2.24) is 9.97 Å². The number of morpholine rings is 1. The molecular weight excluding hydrogens is 480 g/mol. The van der Waals surface area contributed by atoms with Crippen LogP contribution in [-0.2, 0) is 11.2 Å². The highest BCUT2D eigenvalue weighted by Crippen LogP contribution is 2.43. The summed E-state index contributed by atoms with van der Waals surface area (Å²) in [4.78, 5) is 22.3. The number of H-pyrrole nitrogens is 1. The van der Waals surface area contributed by atoms with Gasteiger partial charge in [0.05, 0.1) is 37.3 Å². The molecule has 0 saturated carbocycles. The van der Waals surface area contributed by atoms with Gasteiger partial charge in [0.2, 0.25) is 5.56 Å². The largest absolute Gasteiger partial charge is 0.456 e. The maximum Gasteiger partial charge on any atom is 0.250 e. The molecule has 1 unspecified atom stereocenters. The number of ether oxygens (including phenoxy) is 2. The molecule has 38 heavy (non-hydrogen) atoms. The van der Waals surface area contributed by atoms with Gasteiger partial charge in [0, 0.05) is 53.8 Å². The number of nitrogens with one attached hydrogen (secondary N) is 2. The van der Waals surface area contributed by atoms with Crippen LogP contribution in [0.3, 0.4) is 0 Å². The third-order valence-electron chi connectivity index (χ3n) is 7.04. The molecule has 2 aliphatic rings. The average Bonchev–Trinajstić information content (AvgIpc) is 2.94. The molecule has 4 aromatic rings. The number of benzene rings is 2. The van der Waals surface area contributed by atoms with Crippen molar-refractivity contribution in [3.8, 4) is 22.8 Å². The Morgan fingerprint density at radius 1 is 1.05 bits per heavy atom. The number of nitrogens with zero attached hydrogens (tertiary/aromatic N) is 2. The Balaban J connectivity index is 1.28. The standard InChI is InChI=1S/C30H30N4O4/c1-19-4-2-7-25(31-19)27(18-35)32-22-8-9-28-21(15-22)14-20-5-3-6-24(30(20)38-28)26-16-23(17-29(36)33-26)34-10-12-37-13-11-34/h2-9,15-17,27,32,35H,10-14,18H2,1H3,(H,33,36). The van der Waals surface area contributed by atoms with Gasteiger partial charge in [-0.25, -0.2) is 0 Å². The van der Waals surface area contributed by atoms with Gasteiger partial charge in [0.25, 0.3) is 0 Å².